The van der Waals surface area contributed by atoms with Gasteiger partial charge in [-0.05, 0) is 56.2 Å². The molecule has 0 aromatic heterocycles. The van der Waals surface area contributed by atoms with Crippen molar-refractivity contribution in [3.63, 3.8) is 0 Å². The van der Waals surface area contributed by atoms with Crippen molar-refractivity contribution < 1.29 is 9.53 Å². The van der Waals surface area contributed by atoms with Gasteiger partial charge in [-0.15, -0.1) is 0 Å². The zero-order valence-electron chi connectivity index (χ0n) is 18.2. The summed E-state index contributed by atoms with van der Waals surface area (Å²) in [5.41, 5.74) is 3.78. The molecule has 0 saturated carbocycles. The lowest BCUT2D eigenvalue weighted by molar-refractivity contribution is 0.262. The average molecular weight is 397 g/mol. The second-order valence-corrected chi connectivity index (χ2v) is 7.75. The molecule has 2 N–H and O–H groups in total. The van der Waals surface area contributed by atoms with E-state index in [2.05, 4.69) is 17.6 Å². The van der Waals surface area contributed by atoms with Crippen LogP contribution < -0.4 is 15.4 Å². The largest absolute Gasteiger partial charge is 0.494 e. The van der Waals surface area contributed by atoms with E-state index in [0.29, 0.717) is 0 Å². The van der Waals surface area contributed by atoms with Gasteiger partial charge in [0.1, 0.15) is 5.75 Å². The molecular formula is C25H36N2O2. The highest BCUT2D eigenvalue weighted by atomic mass is 16.5. The van der Waals surface area contributed by atoms with Crippen molar-refractivity contribution in [2.45, 2.75) is 72.1 Å². The normalized spacial score (nSPS) is 10.6. The van der Waals surface area contributed by atoms with Gasteiger partial charge in [0.2, 0.25) is 0 Å². The number of amides is 2. The van der Waals surface area contributed by atoms with Crippen molar-refractivity contribution >= 4 is 17.4 Å². The van der Waals surface area contributed by atoms with E-state index in [1.807, 2.05) is 56.3 Å². The average Bonchev–Trinajstić information content (AvgIpc) is 2.70. The summed E-state index contributed by atoms with van der Waals surface area (Å²) in [7, 11) is 0. The summed E-state index contributed by atoms with van der Waals surface area (Å²) in [6, 6.07) is 13.2. The maximum Gasteiger partial charge on any atom is 0.323 e. The minimum Gasteiger partial charge on any atom is -0.494 e. The summed E-state index contributed by atoms with van der Waals surface area (Å²) in [6.07, 6.45) is 10.4. The zero-order chi connectivity index (χ0) is 20.9. The van der Waals surface area contributed by atoms with Crippen molar-refractivity contribution in [2.75, 3.05) is 17.2 Å². The fourth-order valence-electron chi connectivity index (χ4n) is 3.30. The number of anilines is 2. The van der Waals surface area contributed by atoms with Crippen LogP contribution in [0.15, 0.2) is 42.5 Å². The zero-order valence-corrected chi connectivity index (χ0v) is 18.2. The minimum atomic E-state index is -0.246. The van der Waals surface area contributed by atoms with E-state index < -0.39 is 0 Å². The number of urea groups is 1. The lowest BCUT2D eigenvalue weighted by Gasteiger charge is -2.11. The van der Waals surface area contributed by atoms with Crippen LogP contribution in [-0.4, -0.2) is 12.6 Å². The molecule has 0 aliphatic rings. The predicted molar refractivity (Wildman–Crippen MR) is 123 cm³/mol. The van der Waals surface area contributed by atoms with Gasteiger partial charge in [-0.25, -0.2) is 4.79 Å². The first-order valence-corrected chi connectivity index (χ1v) is 11.0. The molecule has 4 heteroatoms. The summed E-state index contributed by atoms with van der Waals surface area (Å²) in [5.74, 6) is 0.841. The Morgan fingerprint density at radius 1 is 0.828 bits per heavy atom. The third-order valence-corrected chi connectivity index (χ3v) is 5.01. The van der Waals surface area contributed by atoms with Crippen LogP contribution in [0.1, 0.15) is 69.4 Å². The number of hydrogen-bond acceptors (Lipinski definition) is 2. The Morgan fingerprint density at radius 3 is 2.14 bits per heavy atom. The number of hydrogen-bond donors (Lipinski definition) is 2. The Bertz CT molecular complexity index is 741. The molecule has 2 rings (SSSR count). The fourth-order valence-corrected chi connectivity index (χ4v) is 3.30. The molecule has 0 bridgehead atoms. The van der Waals surface area contributed by atoms with Gasteiger partial charge in [0.15, 0.2) is 0 Å². The highest BCUT2D eigenvalue weighted by Gasteiger charge is 2.05. The van der Waals surface area contributed by atoms with E-state index in [1.54, 1.807) is 0 Å². The molecule has 0 atom stereocenters. The first-order chi connectivity index (χ1) is 14.1. The van der Waals surface area contributed by atoms with E-state index in [1.165, 1.54) is 50.5 Å². The summed E-state index contributed by atoms with van der Waals surface area (Å²) in [6.45, 7) is 7.02. The molecule has 29 heavy (non-hydrogen) atoms. The van der Waals surface area contributed by atoms with Gasteiger partial charge in [0, 0.05) is 11.4 Å². The SMILES string of the molecule is CCCCCCCCCCOc1ccc(NC(=O)Nc2ccc(C)cc2C)cc1. The lowest BCUT2D eigenvalue weighted by Crippen LogP contribution is -2.19. The number of nitrogens with one attached hydrogen (secondary N) is 2. The van der Waals surface area contributed by atoms with Gasteiger partial charge in [-0.3, -0.25) is 0 Å². The molecule has 0 aliphatic heterocycles. The monoisotopic (exact) mass is 396 g/mol. The standard InChI is InChI=1S/C25H36N2O2/c1-4-5-6-7-8-9-10-11-18-29-23-15-13-22(14-16-23)26-25(28)27-24-17-12-20(2)19-21(24)3/h12-17,19H,4-11,18H2,1-3H3,(H2,26,27,28). The molecule has 2 amide bonds. The molecule has 0 radical (unpaired) electrons. The molecule has 2 aromatic rings. The molecule has 0 fully saturated rings. The summed E-state index contributed by atoms with van der Waals surface area (Å²) < 4.78 is 5.81. The van der Waals surface area contributed by atoms with Crippen molar-refractivity contribution in [2.24, 2.45) is 0 Å². The Balaban J connectivity index is 1.64. The van der Waals surface area contributed by atoms with Gasteiger partial charge >= 0.3 is 6.03 Å². The maximum absolute atomic E-state index is 12.2. The summed E-state index contributed by atoms with van der Waals surface area (Å²) in [4.78, 5) is 12.2. The first kappa shape index (κ1) is 22.8. The van der Waals surface area contributed by atoms with Crippen LogP contribution in [0.5, 0.6) is 5.75 Å². The molecule has 4 nitrogen and oxygen atoms in total. The van der Waals surface area contributed by atoms with Crippen LogP contribution >= 0.6 is 0 Å². The molecule has 2 aromatic carbocycles. The highest BCUT2D eigenvalue weighted by molar-refractivity contribution is 6.00. The molecule has 0 aliphatic carbocycles. The minimum absolute atomic E-state index is 0.246. The van der Waals surface area contributed by atoms with Crippen LogP contribution in [0.25, 0.3) is 0 Å². The van der Waals surface area contributed by atoms with Crippen LogP contribution in [0.2, 0.25) is 0 Å². The third-order valence-electron chi connectivity index (χ3n) is 5.01. The van der Waals surface area contributed by atoms with Crippen LogP contribution in [0, 0.1) is 13.8 Å². The quantitative estimate of drug-likeness (QED) is 0.366. The number of ether oxygens (including phenoxy) is 1. The summed E-state index contributed by atoms with van der Waals surface area (Å²) >= 11 is 0. The number of unbranched alkanes of at least 4 members (excludes halogenated alkanes) is 7. The highest BCUT2D eigenvalue weighted by Crippen LogP contribution is 2.19. The molecule has 0 heterocycles. The van der Waals surface area contributed by atoms with Gasteiger partial charge in [0.25, 0.3) is 0 Å². The smallest absolute Gasteiger partial charge is 0.323 e. The van der Waals surface area contributed by atoms with E-state index >= 15 is 0 Å². The Labute approximate surface area is 176 Å². The van der Waals surface area contributed by atoms with Crippen molar-refractivity contribution in [3.8, 4) is 5.75 Å². The lowest BCUT2D eigenvalue weighted by atomic mass is 10.1. The molecular weight excluding hydrogens is 360 g/mol. The number of rotatable bonds is 12. The van der Waals surface area contributed by atoms with Gasteiger partial charge in [-0.2, -0.15) is 0 Å². The second kappa shape index (κ2) is 12.9. The predicted octanol–water partition coefficient (Wildman–Crippen LogP) is 7.47. The topological polar surface area (TPSA) is 50.4 Å². The van der Waals surface area contributed by atoms with Gasteiger partial charge in [-0.1, -0.05) is 69.6 Å². The maximum atomic E-state index is 12.2. The fraction of sp³-hybridized carbons (Fsp3) is 0.480. The summed E-state index contributed by atoms with van der Waals surface area (Å²) in [5, 5.41) is 5.75. The number of aryl methyl sites for hydroxylation is 2. The number of benzene rings is 2. The van der Waals surface area contributed by atoms with Crippen molar-refractivity contribution in [1.29, 1.82) is 0 Å². The third kappa shape index (κ3) is 9.03. The Hall–Kier alpha value is -2.49. The van der Waals surface area contributed by atoms with Gasteiger partial charge in [0.05, 0.1) is 6.61 Å². The molecule has 158 valence electrons. The van der Waals surface area contributed by atoms with Crippen LogP contribution in [-0.2, 0) is 0 Å². The molecule has 0 spiro atoms. The van der Waals surface area contributed by atoms with Crippen LogP contribution in [0.4, 0.5) is 16.2 Å². The number of carbonyl (C=O) groups is 1. The molecule has 0 saturated heterocycles. The Morgan fingerprint density at radius 2 is 1.48 bits per heavy atom. The van der Waals surface area contributed by atoms with Crippen molar-refractivity contribution in [1.82, 2.24) is 0 Å². The molecule has 0 unspecified atom stereocenters. The van der Waals surface area contributed by atoms with Gasteiger partial charge < -0.3 is 15.4 Å². The Kier molecular flexibility index (Phi) is 10.1. The second-order valence-electron chi connectivity index (χ2n) is 7.75. The van der Waals surface area contributed by atoms with Crippen LogP contribution in [0.3, 0.4) is 0 Å². The van der Waals surface area contributed by atoms with E-state index in [4.69, 9.17) is 4.74 Å². The number of carbonyl (C=O) groups excluding carboxylic acids is 1. The van der Waals surface area contributed by atoms with E-state index in [9.17, 15) is 4.79 Å². The van der Waals surface area contributed by atoms with E-state index in [-0.39, 0.29) is 6.03 Å². The van der Waals surface area contributed by atoms with E-state index in [0.717, 1.165) is 35.7 Å². The van der Waals surface area contributed by atoms with Crippen molar-refractivity contribution in [3.05, 3.63) is 53.6 Å². The first-order valence-electron chi connectivity index (χ1n) is 11.0.